The van der Waals surface area contributed by atoms with E-state index < -0.39 is 0 Å². The lowest BCUT2D eigenvalue weighted by Gasteiger charge is -2.14. The lowest BCUT2D eigenvalue weighted by molar-refractivity contribution is 0.244. The van der Waals surface area contributed by atoms with Gasteiger partial charge in [-0.15, -0.1) is 11.3 Å². The summed E-state index contributed by atoms with van der Waals surface area (Å²) in [6.45, 7) is 5.03. The summed E-state index contributed by atoms with van der Waals surface area (Å²) in [6, 6.07) is 4.41. The van der Waals surface area contributed by atoms with Crippen LogP contribution in [-0.2, 0) is 6.54 Å². The summed E-state index contributed by atoms with van der Waals surface area (Å²) in [5, 5.41) is 19.2. The van der Waals surface area contributed by atoms with Crippen molar-refractivity contribution in [3.05, 3.63) is 40.3 Å². The van der Waals surface area contributed by atoms with Crippen LogP contribution in [0.2, 0.25) is 0 Å². The molecule has 5 heteroatoms. The number of aliphatic hydroxyl groups is 1. The van der Waals surface area contributed by atoms with Gasteiger partial charge in [0.2, 0.25) is 0 Å². The highest BCUT2D eigenvalue weighted by atomic mass is 32.1. The van der Waals surface area contributed by atoms with Crippen molar-refractivity contribution >= 4 is 11.3 Å². The molecular formula is C13H19N3OS. The smallest absolute Gasteiger partial charge is 0.0627 e. The van der Waals surface area contributed by atoms with E-state index in [1.165, 1.54) is 4.88 Å². The molecule has 2 rings (SSSR count). The van der Waals surface area contributed by atoms with Crippen LogP contribution in [0.1, 0.15) is 36.4 Å². The quantitative estimate of drug-likeness (QED) is 0.843. The Labute approximate surface area is 111 Å². The van der Waals surface area contributed by atoms with Crippen LogP contribution in [0.3, 0.4) is 0 Å². The fraction of sp³-hybridized carbons (Fsp3) is 0.462. The van der Waals surface area contributed by atoms with Crippen molar-refractivity contribution in [1.29, 1.82) is 0 Å². The van der Waals surface area contributed by atoms with Crippen LogP contribution in [0.25, 0.3) is 0 Å². The van der Waals surface area contributed by atoms with Crippen LogP contribution >= 0.6 is 11.3 Å². The zero-order valence-corrected chi connectivity index (χ0v) is 11.5. The SMILES string of the molecule is CC(C)n1cc(C(CO)NCc2cccs2)cn1. The van der Waals surface area contributed by atoms with Crippen molar-refractivity contribution in [2.45, 2.75) is 32.5 Å². The summed E-state index contributed by atoms with van der Waals surface area (Å²) in [5.41, 5.74) is 1.03. The molecule has 0 saturated carbocycles. The molecule has 18 heavy (non-hydrogen) atoms. The summed E-state index contributed by atoms with van der Waals surface area (Å²) in [7, 11) is 0. The maximum atomic E-state index is 9.46. The molecule has 0 aliphatic carbocycles. The van der Waals surface area contributed by atoms with E-state index in [-0.39, 0.29) is 12.6 Å². The molecule has 2 aromatic rings. The first-order valence-corrected chi connectivity index (χ1v) is 6.99. The molecule has 0 aliphatic heterocycles. The number of hydrogen-bond donors (Lipinski definition) is 2. The Kier molecular flexibility index (Phi) is 4.52. The van der Waals surface area contributed by atoms with Crippen molar-refractivity contribution in [2.75, 3.05) is 6.61 Å². The van der Waals surface area contributed by atoms with Crippen LogP contribution in [0.4, 0.5) is 0 Å². The number of aromatic nitrogens is 2. The molecule has 0 aliphatic rings. The van der Waals surface area contributed by atoms with Crippen molar-refractivity contribution in [3.8, 4) is 0 Å². The van der Waals surface area contributed by atoms with E-state index in [0.717, 1.165) is 12.1 Å². The molecule has 0 bridgehead atoms. The summed E-state index contributed by atoms with van der Waals surface area (Å²) in [4.78, 5) is 1.27. The van der Waals surface area contributed by atoms with Gasteiger partial charge in [-0.25, -0.2) is 0 Å². The number of nitrogens with zero attached hydrogens (tertiary/aromatic N) is 2. The van der Waals surface area contributed by atoms with Gasteiger partial charge in [0.05, 0.1) is 18.8 Å². The van der Waals surface area contributed by atoms with Gasteiger partial charge in [0, 0.05) is 29.2 Å². The van der Waals surface area contributed by atoms with Crippen LogP contribution in [0, 0.1) is 0 Å². The van der Waals surface area contributed by atoms with Gasteiger partial charge in [-0.3, -0.25) is 4.68 Å². The third-order valence-electron chi connectivity index (χ3n) is 2.84. The molecule has 2 heterocycles. The third kappa shape index (κ3) is 3.19. The van der Waals surface area contributed by atoms with E-state index in [9.17, 15) is 5.11 Å². The summed E-state index contributed by atoms with van der Waals surface area (Å²) in [5.74, 6) is 0. The highest BCUT2D eigenvalue weighted by molar-refractivity contribution is 7.09. The van der Waals surface area contributed by atoms with E-state index >= 15 is 0 Å². The minimum Gasteiger partial charge on any atom is -0.394 e. The normalized spacial score (nSPS) is 13.1. The van der Waals surface area contributed by atoms with Crippen LogP contribution in [0.15, 0.2) is 29.9 Å². The highest BCUT2D eigenvalue weighted by Crippen LogP contribution is 2.16. The fourth-order valence-electron chi connectivity index (χ4n) is 1.74. The van der Waals surface area contributed by atoms with Gasteiger partial charge in [-0.2, -0.15) is 5.10 Å². The molecule has 0 aromatic carbocycles. The van der Waals surface area contributed by atoms with E-state index in [0.29, 0.717) is 6.04 Å². The molecule has 0 spiro atoms. The van der Waals surface area contributed by atoms with E-state index in [2.05, 4.69) is 35.7 Å². The Bertz CT molecular complexity index is 464. The molecule has 0 radical (unpaired) electrons. The minimum atomic E-state index is -0.0559. The predicted molar refractivity (Wildman–Crippen MR) is 73.6 cm³/mol. The first-order valence-electron chi connectivity index (χ1n) is 6.11. The maximum Gasteiger partial charge on any atom is 0.0627 e. The van der Waals surface area contributed by atoms with Crippen molar-refractivity contribution in [2.24, 2.45) is 0 Å². The van der Waals surface area contributed by atoms with Gasteiger partial charge >= 0.3 is 0 Å². The molecule has 1 atom stereocenters. The zero-order valence-electron chi connectivity index (χ0n) is 10.7. The molecular weight excluding hydrogens is 246 g/mol. The summed E-state index contributed by atoms with van der Waals surface area (Å²) in [6.07, 6.45) is 3.81. The molecule has 2 N–H and O–H groups in total. The number of thiophene rings is 1. The number of nitrogens with one attached hydrogen (secondary N) is 1. The first kappa shape index (κ1) is 13.3. The monoisotopic (exact) mass is 265 g/mol. The van der Waals surface area contributed by atoms with Crippen molar-refractivity contribution < 1.29 is 5.11 Å². The lowest BCUT2D eigenvalue weighted by atomic mass is 10.2. The molecule has 0 amide bonds. The lowest BCUT2D eigenvalue weighted by Crippen LogP contribution is -2.23. The largest absolute Gasteiger partial charge is 0.394 e. The molecule has 2 aromatic heterocycles. The average molecular weight is 265 g/mol. The topological polar surface area (TPSA) is 50.1 Å². The van der Waals surface area contributed by atoms with Gasteiger partial charge in [0.15, 0.2) is 0 Å². The number of aliphatic hydroxyl groups excluding tert-OH is 1. The Hall–Kier alpha value is -1.17. The number of hydrogen-bond acceptors (Lipinski definition) is 4. The summed E-state index contributed by atoms with van der Waals surface area (Å²) < 4.78 is 1.91. The second-order valence-corrected chi connectivity index (χ2v) is 5.58. The molecule has 4 nitrogen and oxygen atoms in total. The van der Waals surface area contributed by atoms with Gasteiger partial charge in [-0.1, -0.05) is 6.07 Å². The molecule has 0 saturated heterocycles. The van der Waals surface area contributed by atoms with Crippen molar-refractivity contribution in [1.82, 2.24) is 15.1 Å². The second kappa shape index (κ2) is 6.13. The average Bonchev–Trinajstić information content (AvgIpc) is 3.00. The zero-order chi connectivity index (χ0) is 13.0. The Morgan fingerprint density at radius 2 is 2.33 bits per heavy atom. The molecule has 0 fully saturated rings. The molecule has 98 valence electrons. The van der Waals surface area contributed by atoms with Gasteiger partial charge in [-0.05, 0) is 25.3 Å². The maximum absolute atomic E-state index is 9.46. The highest BCUT2D eigenvalue weighted by Gasteiger charge is 2.13. The van der Waals surface area contributed by atoms with Gasteiger partial charge < -0.3 is 10.4 Å². The standard InChI is InChI=1S/C13H19N3OS/c1-10(2)16-8-11(6-15-16)13(9-17)14-7-12-4-3-5-18-12/h3-6,8,10,13-14,17H,7,9H2,1-2H3. The minimum absolute atomic E-state index is 0.0559. The summed E-state index contributed by atoms with van der Waals surface area (Å²) >= 11 is 1.72. The van der Waals surface area contributed by atoms with E-state index in [4.69, 9.17) is 0 Å². The van der Waals surface area contributed by atoms with Crippen molar-refractivity contribution in [3.63, 3.8) is 0 Å². The Morgan fingerprint density at radius 1 is 1.50 bits per heavy atom. The Balaban J connectivity index is 1.98. The van der Waals surface area contributed by atoms with Crippen LogP contribution < -0.4 is 5.32 Å². The fourth-order valence-corrected chi connectivity index (χ4v) is 2.40. The van der Waals surface area contributed by atoms with E-state index in [1.807, 2.05) is 23.1 Å². The third-order valence-corrected chi connectivity index (χ3v) is 3.71. The Morgan fingerprint density at radius 3 is 2.89 bits per heavy atom. The first-order chi connectivity index (χ1) is 8.70. The van der Waals surface area contributed by atoms with Crippen LogP contribution in [-0.4, -0.2) is 21.5 Å². The molecule has 1 unspecified atom stereocenters. The van der Waals surface area contributed by atoms with Gasteiger partial charge in [0.1, 0.15) is 0 Å². The second-order valence-electron chi connectivity index (χ2n) is 4.54. The van der Waals surface area contributed by atoms with Crippen LogP contribution in [0.5, 0.6) is 0 Å². The predicted octanol–water partition coefficient (Wildman–Crippen LogP) is 2.35. The van der Waals surface area contributed by atoms with Gasteiger partial charge in [0.25, 0.3) is 0 Å². The van der Waals surface area contributed by atoms with E-state index in [1.54, 1.807) is 11.3 Å². The number of rotatable bonds is 6.